The summed E-state index contributed by atoms with van der Waals surface area (Å²) in [4.78, 5) is 18.1. The van der Waals surface area contributed by atoms with Crippen LogP contribution in [0.15, 0.2) is 82.3 Å². The van der Waals surface area contributed by atoms with Crippen molar-refractivity contribution < 1.29 is 17.6 Å². The van der Waals surface area contributed by atoms with Gasteiger partial charge in [-0.05, 0) is 43.3 Å². The van der Waals surface area contributed by atoms with Gasteiger partial charge in [0.1, 0.15) is 5.69 Å². The Labute approximate surface area is 177 Å². The van der Waals surface area contributed by atoms with E-state index in [1.165, 1.54) is 23.5 Å². The lowest BCUT2D eigenvalue weighted by atomic mass is 10.2. The van der Waals surface area contributed by atoms with E-state index in [0.29, 0.717) is 16.5 Å². The zero-order chi connectivity index (χ0) is 21.1. The molecule has 0 saturated heterocycles. The van der Waals surface area contributed by atoms with E-state index in [4.69, 9.17) is 4.42 Å². The highest BCUT2D eigenvalue weighted by atomic mass is 32.2. The van der Waals surface area contributed by atoms with E-state index in [9.17, 15) is 13.2 Å². The number of aryl methyl sites for hydroxylation is 1. The van der Waals surface area contributed by atoms with Gasteiger partial charge in [0.15, 0.2) is 10.8 Å². The number of carbonyl (C=O) groups excluding carboxylic acids is 1. The maximum Gasteiger partial charge on any atom is 0.275 e. The molecule has 0 atom stereocenters. The van der Waals surface area contributed by atoms with Gasteiger partial charge in [-0.15, -0.1) is 11.3 Å². The van der Waals surface area contributed by atoms with Gasteiger partial charge < -0.3 is 9.73 Å². The number of para-hydroxylation sites is 2. The number of hydrogen-bond donors (Lipinski definition) is 2. The van der Waals surface area contributed by atoms with Crippen LogP contribution in [0.4, 0.5) is 11.4 Å². The van der Waals surface area contributed by atoms with Crippen LogP contribution in [0.2, 0.25) is 0 Å². The Morgan fingerprint density at radius 2 is 1.67 bits per heavy atom. The number of hydrogen-bond acceptors (Lipinski definition) is 6. The first-order valence-electron chi connectivity index (χ1n) is 8.93. The smallest absolute Gasteiger partial charge is 0.275 e. The third-order valence-corrected chi connectivity index (χ3v) is 6.58. The minimum Gasteiger partial charge on any atom is -0.462 e. The van der Waals surface area contributed by atoms with Crippen molar-refractivity contribution in [1.29, 1.82) is 0 Å². The van der Waals surface area contributed by atoms with Gasteiger partial charge in [0, 0.05) is 4.88 Å². The number of sulfonamides is 1. The molecule has 0 fully saturated rings. The van der Waals surface area contributed by atoms with Gasteiger partial charge in [-0.1, -0.05) is 30.3 Å². The number of carbonyl (C=O) groups is 1. The summed E-state index contributed by atoms with van der Waals surface area (Å²) >= 11 is 1.35. The van der Waals surface area contributed by atoms with Gasteiger partial charge in [-0.2, -0.15) is 0 Å². The quantitative estimate of drug-likeness (QED) is 0.451. The van der Waals surface area contributed by atoms with E-state index >= 15 is 0 Å². The first kappa shape index (κ1) is 19.9. The number of furan rings is 1. The van der Waals surface area contributed by atoms with Crippen molar-refractivity contribution in [3.8, 4) is 10.8 Å². The molecule has 152 valence electrons. The van der Waals surface area contributed by atoms with Crippen molar-refractivity contribution in [3.05, 3.63) is 83.6 Å². The second-order valence-corrected chi connectivity index (χ2v) is 9.20. The van der Waals surface area contributed by atoms with Gasteiger partial charge in [0.05, 0.1) is 22.5 Å². The van der Waals surface area contributed by atoms with Gasteiger partial charge in [0.2, 0.25) is 0 Å². The number of thiazole rings is 1. The van der Waals surface area contributed by atoms with Crippen LogP contribution in [0, 0.1) is 6.92 Å². The first-order chi connectivity index (χ1) is 14.4. The van der Waals surface area contributed by atoms with E-state index in [1.807, 2.05) is 0 Å². The number of anilines is 2. The first-order valence-corrected chi connectivity index (χ1v) is 11.2. The fourth-order valence-electron chi connectivity index (χ4n) is 2.78. The van der Waals surface area contributed by atoms with Crippen molar-refractivity contribution in [3.63, 3.8) is 0 Å². The highest BCUT2D eigenvalue weighted by Gasteiger charge is 2.20. The lowest BCUT2D eigenvalue weighted by Crippen LogP contribution is -2.17. The molecule has 2 heterocycles. The third kappa shape index (κ3) is 4.12. The lowest BCUT2D eigenvalue weighted by Gasteiger charge is -2.13. The minimum absolute atomic E-state index is 0.129. The zero-order valence-electron chi connectivity index (χ0n) is 15.8. The Morgan fingerprint density at radius 3 is 2.37 bits per heavy atom. The molecule has 7 nitrogen and oxygen atoms in total. The summed E-state index contributed by atoms with van der Waals surface area (Å²) in [6.07, 6.45) is 1.54. The summed E-state index contributed by atoms with van der Waals surface area (Å²) in [5.74, 6) is 0.145. The van der Waals surface area contributed by atoms with Crippen LogP contribution < -0.4 is 10.0 Å². The van der Waals surface area contributed by atoms with E-state index in [-0.39, 0.29) is 16.3 Å². The maximum atomic E-state index is 12.8. The molecule has 2 aromatic heterocycles. The van der Waals surface area contributed by atoms with E-state index in [0.717, 1.165) is 4.88 Å². The second kappa shape index (κ2) is 8.13. The molecule has 2 N–H and O–H groups in total. The molecule has 4 aromatic rings. The predicted octanol–water partition coefficient (Wildman–Crippen LogP) is 4.76. The van der Waals surface area contributed by atoms with Crippen LogP contribution in [0.25, 0.3) is 10.8 Å². The second-order valence-electron chi connectivity index (χ2n) is 6.32. The topological polar surface area (TPSA) is 101 Å². The fourth-order valence-corrected chi connectivity index (χ4v) is 4.76. The summed E-state index contributed by atoms with van der Waals surface area (Å²) in [7, 11) is -3.80. The monoisotopic (exact) mass is 439 g/mol. The molecule has 0 unspecified atom stereocenters. The average molecular weight is 440 g/mol. The molecular weight excluding hydrogens is 422 g/mol. The molecule has 0 saturated carbocycles. The SMILES string of the molecule is Cc1sc(-c2ccco2)nc1C(=O)Nc1ccccc1NS(=O)(=O)c1ccccc1. The number of nitrogens with one attached hydrogen (secondary N) is 2. The number of nitrogens with zero attached hydrogens (tertiary/aromatic N) is 1. The lowest BCUT2D eigenvalue weighted by molar-refractivity contribution is 0.102. The predicted molar refractivity (Wildman–Crippen MR) is 116 cm³/mol. The molecule has 0 aliphatic heterocycles. The Morgan fingerprint density at radius 1 is 0.967 bits per heavy atom. The summed E-state index contributed by atoms with van der Waals surface area (Å²) in [6, 6.07) is 18.1. The highest BCUT2D eigenvalue weighted by Crippen LogP contribution is 2.29. The molecule has 0 bridgehead atoms. The Kier molecular flexibility index (Phi) is 5.39. The average Bonchev–Trinajstić information content (AvgIpc) is 3.40. The molecule has 0 spiro atoms. The van der Waals surface area contributed by atoms with Crippen LogP contribution in [0.1, 0.15) is 15.4 Å². The van der Waals surface area contributed by atoms with Gasteiger partial charge in [-0.3, -0.25) is 9.52 Å². The number of rotatable bonds is 6. The number of benzene rings is 2. The van der Waals surface area contributed by atoms with Crippen molar-refractivity contribution in [2.75, 3.05) is 10.0 Å². The van der Waals surface area contributed by atoms with Crippen molar-refractivity contribution in [2.45, 2.75) is 11.8 Å². The highest BCUT2D eigenvalue weighted by molar-refractivity contribution is 7.92. The van der Waals surface area contributed by atoms with Crippen LogP contribution >= 0.6 is 11.3 Å². The van der Waals surface area contributed by atoms with E-state index < -0.39 is 15.9 Å². The largest absolute Gasteiger partial charge is 0.462 e. The van der Waals surface area contributed by atoms with Gasteiger partial charge >= 0.3 is 0 Å². The molecule has 4 rings (SSSR count). The van der Waals surface area contributed by atoms with Crippen molar-refractivity contribution in [1.82, 2.24) is 4.98 Å². The molecule has 0 aliphatic rings. The van der Waals surface area contributed by atoms with Crippen LogP contribution in [0.5, 0.6) is 0 Å². The Bertz CT molecular complexity index is 1280. The van der Waals surface area contributed by atoms with Crippen LogP contribution in [-0.2, 0) is 10.0 Å². The number of amides is 1. The molecule has 0 aliphatic carbocycles. The molecule has 9 heteroatoms. The molecular formula is C21H17N3O4S2. The zero-order valence-corrected chi connectivity index (χ0v) is 17.5. The Balaban J connectivity index is 1.59. The van der Waals surface area contributed by atoms with Gasteiger partial charge in [-0.25, -0.2) is 13.4 Å². The summed E-state index contributed by atoms with van der Waals surface area (Å²) in [6.45, 7) is 1.79. The normalized spacial score (nSPS) is 11.2. The van der Waals surface area contributed by atoms with Crippen molar-refractivity contribution in [2.24, 2.45) is 0 Å². The minimum atomic E-state index is -3.80. The molecule has 1 amide bonds. The summed E-state index contributed by atoms with van der Waals surface area (Å²) < 4.78 is 33.2. The van der Waals surface area contributed by atoms with Crippen LogP contribution in [-0.4, -0.2) is 19.3 Å². The maximum absolute atomic E-state index is 12.8. The third-order valence-electron chi connectivity index (χ3n) is 4.22. The summed E-state index contributed by atoms with van der Waals surface area (Å²) in [5, 5.41) is 3.35. The number of aromatic nitrogens is 1. The van der Waals surface area contributed by atoms with E-state index in [2.05, 4.69) is 15.0 Å². The molecule has 2 aromatic carbocycles. The van der Waals surface area contributed by atoms with Crippen molar-refractivity contribution >= 4 is 38.6 Å². The molecule has 30 heavy (non-hydrogen) atoms. The standard InChI is InChI=1S/C21H17N3O4S2/c1-14-19(23-21(29-14)18-12-7-13-28-18)20(25)22-16-10-5-6-11-17(16)24-30(26,27)15-8-3-2-4-9-15/h2-13,24H,1H3,(H,22,25). The van der Waals surface area contributed by atoms with Gasteiger partial charge in [0.25, 0.3) is 15.9 Å². The summed E-state index contributed by atoms with van der Waals surface area (Å²) in [5.41, 5.74) is 0.843. The fraction of sp³-hybridized carbons (Fsp3) is 0.0476. The van der Waals surface area contributed by atoms with Crippen LogP contribution in [0.3, 0.4) is 0 Å². The molecule has 0 radical (unpaired) electrons. The van der Waals surface area contributed by atoms with E-state index in [1.54, 1.807) is 67.8 Å². The Hall–Kier alpha value is -3.43.